The molecular formula is C19H22BrN5O6S2. The van der Waals surface area contributed by atoms with Gasteiger partial charge in [0.05, 0.1) is 12.3 Å². The third-order valence-electron chi connectivity index (χ3n) is 4.67. The Morgan fingerprint density at radius 2 is 2.09 bits per heavy atom. The number of aliphatic carboxylic acids is 1. The maximum atomic E-state index is 13.1. The smallest absolute Gasteiger partial charge is 0.326 e. The Labute approximate surface area is 202 Å². The van der Waals surface area contributed by atoms with Gasteiger partial charge in [0.1, 0.15) is 21.6 Å². The molecule has 7 N–H and O–H groups in total. The quantitative estimate of drug-likeness (QED) is 0.164. The van der Waals surface area contributed by atoms with Gasteiger partial charge in [0.15, 0.2) is 5.96 Å². The second-order valence-corrected chi connectivity index (χ2v) is 10.6. The first-order valence-electron chi connectivity index (χ1n) is 9.73. The predicted molar refractivity (Wildman–Crippen MR) is 127 cm³/mol. The van der Waals surface area contributed by atoms with E-state index in [1.165, 1.54) is 17.5 Å². The lowest BCUT2D eigenvalue weighted by molar-refractivity contribution is -0.139. The van der Waals surface area contributed by atoms with Crippen molar-refractivity contribution in [2.24, 2.45) is 16.5 Å². The van der Waals surface area contributed by atoms with E-state index in [0.717, 1.165) is 16.9 Å². The van der Waals surface area contributed by atoms with Gasteiger partial charge in [-0.1, -0.05) is 15.9 Å². The molecule has 1 aliphatic rings. The minimum absolute atomic E-state index is 0.0293. The van der Waals surface area contributed by atoms with Gasteiger partial charge in [-0.25, -0.2) is 13.2 Å². The fourth-order valence-electron chi connectivity index (χ4n) is 3.18. The monoisotopic (exact) mass is 559 g/mol. The SMILES string of the molecule is NC(N)=NCCC[C@H](NC(=O)c1sccc1NS(=O)(=O)c1cc(Br)cc2c1OCC2)C(=O)O. The van der Waals surface area contributed by atoms with Gasteiger partial charge in [0.25, 0.3) is 15.9 Å². The van der Waals surface area contributed by atoms with E-state index in [1.54, 1.807) is 6.07 Å². The summed E-state index contributed by atoms with van der Waals surface area (Å²) in [6, 6.07) is 3.46. The fraction of sp³-hybridized carbons (Fsp3) is 0.316. The second-order valence-electron chi connectivity index (χ2n) is 7.07. The lowest BCUT2D eigenvalue weighted by atomic mass is 10.1. The normalized spacial score (nSPS) is 13.5. The first kappa shape index (κ1) is 24.8. The van der Waals surface area contributed by atoms with Crippen LogP contribution in [0.1, 0.15) is 28.1 Å². The van der Waals surface area contributed by atoms with Gasteiger partial charge in [0.2, 0.25) is 0 Å². The van der Waals surface area contributed by atoms with E-state index in [9.17, 15) is 23.1 Å². The largest absolute Gasteiger partial charge is 0.492 e. The maximum Gasteiger partial charge on any atom is 0.326 e. The van der Waals surface area contributed by atoms with Crippen molar-refractivity contribution in [3.63, 3.8) is 0 Å². The summed E-state index contributed by atoms with van der Waals surface area (Å²) in [5, 5.41) is 13.4. The van der Waals surface area contributed by atoms with E-state index in [4.69, 9.17) is 16.2 Å². The minimum atomic E-state index is -4.09. The lowest BCUT2D eigenvalue weighted by Crippen LogP contribution is -2.40. The molecule has 1 amide bonds. The number of carboxylic acids is 1. The van der Waals surface area contributed by atoms with E-state index in [-0.39, 0.29) is 40.1 Å². The minimum Gasteiger partial charge on any atom is -0.492 e. The number of aliphatic imine (C=N–C) groups is 1. The highest BCUT2D eigenvalue weighted by molar-refractivity contribution is 9.10. The number of halogens is 1. The molecule has 2 heterocycles. The number of carbonyl (C=O) groups excluding carboxylic acids is 1. The van der Waals surface area contributed by atoms with Gasteiger partial charge < -0.3 is 26.6 Å². The summed E-state index contributed by atoms with van der Waals surface area (Å²) in [6.45, 7) is 0.589. The van der Waals surface area contributed by atoms with Crippen LogP contribution in [0.4, 0.5) is 5.69 Å². The van der Waals surface area contributed by atoms with Crippen molar-refractivity contribution in [2.75, 3.05) is 17.9 Å². The zero-order valence-corrected chi connectivity index (χ0v) is 20.4. The molecule has 178 valence electrons. The number of nitrogens with one attached hydrogen (secondary N) is 2. The van der Waals surface area contributed by atoms with E-state index >= 15 is 0 Å². The lowest BCUT2D eigenvalue weighted by Gasteiger charge is -2.15. The highest BCUT2D eigenvalue weighted by atomic mass is 79.9. The number of benzene rings is 1. The van der Waals surface area contributed by atoms with E-state index in [2.05, 4.69) is 31.0 Å². The third kappa shape index (κ3) is 6.15. The Morgan fingerprint density at radius 3 is 2.79 bits per heavy atom. The molecule has 1 aliphatic heterocycles. The zero-order valence-electron chi connectivity index (χ0n) is 17.2. The molecule has 2 aromatic rings. The number of thiophene rings is 1. The van der Waals surface area contributed by atoms with Gasteiger partial charge in [-0.3, -0.25) is 14.5 Å². The molecule has 14 heteroatoms. The van der Waals surface area contributed by atoms with Crippen LogP contribution >= 0.6 is 27.3 Å². The number of carboxylic acid groups (broad SMARTS) is 1. The van der Waals surface area contributed by atoms with Crippen molar-refractivity contribution in [3.8, 4) is 5.75 Å². The number of ether oxygens (including phenoxy) is 1. The molecule has 0 saturated heterocycles. The number of anilines is 1. The molecule has 0 bridgehead atoms. The Bertz CT molecular complexity index is 1190. The first-order chi connectivity index (χ1) is 15.6. The summed E-state index contributed by atoms with van der Waals surface area (Å²) < 4.78 is 34.7. The van der Waals surface area contributed by atoms with Crippen molar-refractivity contribution < 1.29 is 27.9 Å². The van der Waals surface area contributed by atoms with E-state index < -0.39 is 27.9 Å². The average molecular weight is 560 g/mol. The molecule has 1 aromatic heterocycles. The molecule has 3 rings (SSSR count). The number of fused-ring (bicyclic) bond motifs is 1. The van der Waals surface area contributed by atoms with Crippen molar-refractivity contribution in [1.82, 2.24) is 5.32 Å². The van der Waals surface area contributed by atoms with Crippen LogP contribution in [0, 0.1) is 0 Å². The molecule has 0 radical (unpaired) electrons. The Hall–Kier alpha value is -2.84. The fourth-order valence-corrected chi connectivity index (χ4v) is 5.94. The summed E-state index contributed by atoms with van der Waals surface area (Å²) in [6.07, 6.45) is 1.00. The number of sulfonamides is 1. The molecular weight excluding hydrogens is 538 g/mol. The van der Waals surface area contributed by atoms with Crippen LogP contribution in [0.2, 0.25) is 0 Å². The molecule has 0 unspecified atom stereocenters. The second kappa shape index (κ2) is 10.4. The summed E-state index contributed by atoms with van der Waals surface area (Å²) in [7, 11) is -4.09. The molecule has 0 fully saturated rings. The Kier molecular flexibility index (Phi) is 7.81. The van der Waals surface area contributed by atoms with Gasteiger partial charge in [0, 0.05) is 23.0 Å². The van der Waals surface area contributed by atoms with Crippen LogP contribution in [0.15, 0.2) is 37.9 Å². The summed E-state index contributed by atoms with van der Waals surface area (Å²) in [5.41, 5.74) is 11.3. The van der Waals surface area contributed by atoms with Gasteiger partial charge in [-0.2, -0.15) is 0 Å². The number of carbonyl (C=O) groups is 2. The van der Waals surface area contributed by atoms with E-state index in [1.807, 2.05) is 0 Å². The van der Waals surface area contributed by atoms with Gasteiger partial charge >= 0.3 is 5.97 Å². The molecule has 11 nitrogen and oxygen atoms in total. The topological polar surface area (TPSA) is 186 Å². The number of hydrogen-bond acceptors (Lipinski definition) is 7. The summed E-state index contributed by atoms with van der Waals surface area (Å²) in [5.74, 6) is -1.78. The molecule has 1 atom stereocenters. The van der Waals surface area contributed by atoms with Crippen LogP contribution in [0.5, 0.6) is 5.75 Å². The standard InChI is InChI=1S/C19H22BrN5O6S2/c20-11-8-10-3-6-31-15(10)14(9-11)33(29,30)25-12-4-7-32-16(12)17(26)24-13(18(27)28)2-1-5-23-19(21)22/h4,7-9,13,25H,1-3,5-6H2,(H,24,26)(H,27,28)(H4,21,22,23)/t13-/m0/s1. The highest BCUT2D eigenvalue weighted by Crippen LogP contribution is 2.37. The number of rotatable bonds is 10. The Balaban J connectivity index is 1.76. The summed E-state index contributed by atoms with van der Waals surface area (Å²) in [4.78, 5) is 28.0. The molecule has 0 spiro atoms. The molecule has 1 aromatic carbocycles. The summed E-state index contributed by atoms with van der Waals surface area (Å²) >= 11 is 4.29. The van der Waals surface area contributed by atoms with Crippen LogP contribution < -0.4 is 26.2 Å². The highest BCUT2D eigenvalue weighted by Gasteiger charge is 2.29. The van der Waals surface area contributed by atoms with Crippen molar-refractivity contribution >= 4 is 60.8 Å². The number of amides is 1. The maximum absolute atomic E-state index is 13.1. The van der Waals surface area contributed by atoms with Crippen molar-refractivity contribution in [3.05, 3.63) is 38.5 Å². The van der Waals surface area contributed by atoms with Crippen LogP contribution in [-0.2, 0) is 21.2 Å². The van der Waals surface area contributed by atoms with Crippen LogP contribution in [0.25, 0.3) is 0 Å². The predicted octanol–water partition coefficient (Wildman–Crippen LogP) is 1.48. The number of nitrogens with zero attached hydrogens (tertiary/aromatic N) is 1. The molecule has 33 heavy (non-hydrogen) atoms. The average Bonchev–Trinajstić information content (AvgIpc) is 3.37. The number of guanidine groups is 1. The third-order valence-corrected chi connectivity index (χ3v) is 7.41. The number of hydrogen-bond donors (Lipinski definition) is 5. The number of nitrogens with two attached hydrogens (primary N) is 2. The first-order valence-corrected chi connectivity index (χ1v) is 12.9. The van der Waals surface area contributed by atoms with Crippen molar-refractivity contribution in [2.45, 2.75) is 30.2 Å². The van der Waals surface area contributed by atoms with Gasteiger partial charge in [-0.15, -0.1) is 11.3 Å². The molecule has 0 aliphatic carbocycles. The van der Waals surface area contributed by atoms with Gasteiger partial charge in [-0.05, 0) is 36.4 Å². The van der Waals surface area contributed by atoms with Crippen LogP contribution in [0.3, 0.4) is 0 Å². The molecule has 0 saturated carbocycles. The van der Waals surface area contributed by atoms with Crippen LogP contribution in [-0.4, -0.2) is 50.6 Å². The zero-order chi connectivity index (χ0) is 24.2. The van der Waals surface area contributed by atoms with E-state index in [0.29, 0.717) is 23.9 Å². The van der Waals surface area contributed by atoms with Crippen molar-refractivity contribution in [1.29, 1.82) is 0 Å². The Morgan fingerprint density at radius 1 is 1.33 bits per heavy atom.